The van der Waals surface area contributed by atoms with E-state index in [2.05, 4.69) is 4.57 Å². The standard InChI is InChI=1S/C10H7FNS/c11-9-5-7-6-12-4-2-1-3-8(12)10(7)13-9/h1-5H,6H2/q+1. The summed E-state index contributed by atoms with van der Waals surface area (Å²) in [5.74, 6) is 0. The smallest absolute Gasteiger partial charge is 0.195 e. The summed E-state index contributed by atoms with van der Waals surface area (Å²) in [5.41, 5.74) is 2.24. The fourth-order valence-electron chi connectivity index (χ4n) is 1.73. The summed E-state index contributed by atoms with van der Waals surface area (Å²) in [6.07, 6.45) is 2.03. The van der Waals surface area contributed by atoms with Crippen LogP contribution in [0.15, 0.2) is 30.5 Å². The molecule has 3 heteroatoms. The van der Waals surface area contributed by atoms with E-state index in [0.717, 1.165) is 22.7 Å². The molecule has 1 aliphatic heterocycles. The van der Waals surface area contributed by atoms with E-state index in [0.29, 0.717) is 0 Å². The molecule has 1 aliphatic rings. The highest BCUT2D eigenvalue weighted by Crippen LogP contribution is 2.33. The molecule has 0 saturated carbocycles. The molecule has 0 N–H and O–H groups in total. The molecule has 0 spiro atoms. The van der Waals surface area contributed by atoms with Crippen molar-refractivity contribution in [2.75, 3.05) is 0 Å². The topological polar surface area (TPSA) is 3.88 Å². The quantitative estimate of drug-likeness (QED) is 0.481. The monoisotopic (exact) mass is 192 g/mol. The predicted molar refractivity (Wildman–Crippen MR) is 49.0 cm³/mol. The SMILES string of the molecule is Fc1cc2c(s1)-c1cccc[n+]1C2. The van der Waals surface area contributed by atoms with Gasteiger partial charge < -0.3 is 0 Å². The molecule has 3 heterocycles. The summed E-state index contributed by atoms with van der Waals surface area (Å²) >= 11 is 1.23. The van der Waals surface area contributed by atoms with Crippen LogP contribution in [0.4, 0.5) is 4.39 Å². The lowest BCUT2D eigenvalue weighted by atomic mass is 10.2. The van der Waals surface area contributed by atoms with Gasteiger partial charge in [0.1, 0.15) is 4.88 Å². The minimum atomic E-state index is -0.0832. The van der Waals surface area contributed by atoms with E-state index in [4.69, 9.17) is 0 Å². The molecule has 0 amide bonds. The number of thiophene rings is 1. The summed E-state index contributed by atoms with van der Waals surface area (Å²) in [6, 6.07) is 7.64. The molecule has 0 saturated heterocycles. The average Bonchev–Trinajstić information content (AvgIpc) is 2.60. The molecule has 2 aromatic rings. The molecule has 0 atom stereocenters. The zero-order chi connectivity index (χ0) is 8.84. The Morgan fingerprint density at radius 3 is 3.23 bits per heavy atom. The average molecular weight is 192 g/mol. The first-order chi connectivity index (χ1) is 6.34. The van der Waals surface area contributed by atoms with E-state index in [1.807, 2.05) is 24.4 Å². The van der Waals surface area contributed by atoms with Crippen LogP contribution < -0.4 is 4.57 Å². The first kappa shape index (κ1) is 7.21. The van der Waals surface area contributed by atoms with E-state index in [9.17, 15) is 4.39 Å². The van der Waals surface area contributed by atoms with Crippen LogP contribution in [-0.2, 0) is 6.54 Å². The van der Waals surface area contributed by atoms with Gasteiger partial charge >= 0.3 is 0 Å². The van der Waals surface area contributed by atoms with Crippen molar-refractivity contribution in [2.45, 2.75) is 6.54 Å². The van der Waals surface area contributed by atoms with Crippen molar-refractivity contribution >= 4 is 11.3 Å². The van der Waals surface area contributed by atoms with Gasteiger partial charge in [-0.05, 0) is 12.1 Å². The summed E-state index contributed by atoms with van der Waals surface area (Å²) in [7, 11) is 0. The lowest BCUT2D eigenvalue weighted by molar-refractivity contribution is -0.672. The van der Waals surface area contributed by atoms with Gasteiger partial charge in [0.05, 0.1) is 0 Å². The number of hydrogen-bond acceptors (Lipinski definition) is 1. The van der Waals surface area contributed by atoms with Crippen LogP contribution in [0.25, 0.3) is 10.6 Å². The number of nitrogens with zero attached hydrogens (tertiary/aromatic N) is 1. The van der Waals surface area contributed by atoms with Gasteiger partial charge in [0.15, 0.2) is 17.9 Å². The Morgan fingerprint density at radius 1 is 1.38 bits per heavy atom. The maximum atomic E-state index is 12.9. The van der Waals surface area contributed by atoms with Crippen LogP contribution in [0.1, 0.15) is 5.56 Å². The zero-order valence-corrected chi connectivity index (χ0v) is 7.64. The maximum Gasteiger partial charge on any atom is 0.223 e. The van der Waals surface area contributed by atoms with Gasteiger partial charge in [-0.1, -0.05) is 11.3 Å². The van der Waals surface area contributed by atoms with Crippen molar-refractivity contribution in [1.82, 2.24) is 0 Å². The van der Waals surface area contributed by atoms with Crippen molar-refractivity contribution in [1.29, 1.82) is 0 Å². The minimum Gasteiger partial charge on any atom is -0.195 e. The number of aromatic nitrogens is 1. The van der Waals surface area contributed by atoms with Crippen molar-refractivity contribution < 1.29 is 8.96 Å². The Bertz CT molecular complexity index is 476. The summed E-state index contributed by atoms with van der Waals surface area (Å²) in [4.78, 5) is 1.08. The lowest BCUT2D eigenvalue weighted by Crippen LogP contribution is -2.31. The number of halogens is 1. The molecule has 0 aliphatic carbocycles. The van der Waals surface area contributed by atoms with Crippen molar-refractivity contribution in [2.24, 2.45) is 0 Å². The van der Waals surface area contributed by atoms with Crippen LogP contribution in [0.3, 0.4) is 0 Å². The van der Waals surface area contributed by atoms with Gasteiger partial charge in [-0.25, -0.2) is 0 Å². The van der Waals surface area contributed by atoms with Crippen LogP contribution >= 0.6 is 11.3 Å². The Labute approximate surface area is 79.1 Å². The van der Waals surface area contributed by atoms with Crippen LogP contribution in [0.5, 0.6) is 0 Å². The summed E-state index contributed by atoms with van der Waals surface area (Å²) < 4.78 is 15.1. The highest BCUT2D eigenvalue weighted by atomic mass is 32.1. The number of pyridine rings is 1. The molecule has 2 aromatic heterocycles. The molecule has 1 nitrogen and oxygen atoms in total. The maximum absolute atomic E-state index is 12.9. The second kappa shape index (κ2) is 2.39. The van der Waals surface area contributed by atoms with E-state index in [-0.39, 0.29) is 5.13 Å². The first-order valence-corrected chi connectivity index (χ1v) is 4.93. The third kappa shape index (κ3) is 0.937. The Morgan fingerprint density at radius 2 is 2.31 bits per heavy atom. The van der Waals surface area contributed by atoms with Crippen molar-refractivity contribution in [3.63, 3.8) is 0 Å². The second-order valence-electron chi connectivity index (χ2n) is 3.12. The zero-order valence-electron chi connectivity index (χ0n) is 6.83. The van der Waals surface area contributed by atoms with Gasteiger partial charge in [0.25, 0.3) is 0 Å². The van der Waals surface area contributed by atoms with Gasteiger partial charge in [-0.3, -0.25) is 0 Å². The van der Waals surface area contributed by atoms with Crippen LogP contribution in [0.2, 0.25) is 0 Å². The molecule has 0 bridgehead atoms. The number of hydrogen-bond donors (Lipinski definition) is 0. The highest BCUT2D eigenvalue weighted by Gasteiger charge is 2.27. The van der Waals surface area contributed by atoms with Crippen LogP contribution in [-0.4, -0.2) is 0 Å². The molecular weight excluding hydrogens is 185 g/mol. The van der Waals surface area contributed by atoms with Gasteiger partial charge in [0, 0.05) is 17.7 Å². The van der Waals surface area contributed by atoms with Crippen LogP contribution in [0, 0.1) is 5.13 Å². The Hall–Kier alpha value is -1.22. The molecule has 3 rings (SSSR count). The fraction of sp³-hybridized carbons (Fsp3) is 0.100. The Kier molecular flexibility index (Phi) is 1.32. The molecule has 0 fully saturated rings. The minimum absolute atomic E-state index is 0.0832. The Balaban J connectivity index is 2.30. The largest absolute Gasteiger partial charge is 0.223 e. The van der Waals surface area contributed by atoms with E-state index in [1.165, 1.54) is 11.3 Å². The molecule has 0 radical (unpaired) electrons. The number of rotatable bonds is 0. The molecule has 13 heavy (non-hydrogen) atoms. The van der Waals surface area contributed by atoms with E-state index >= 15 is 0 Å². The van der Waals surface area contributed by atoms with Crippen molar-refractivity contribution in [3.05, 3.63) is 41.2 Å². The van der Waals surface area contributed by atoms with E-state index < -0.39 is 0 Å². The normalized spacial score (nSPS) is 12.7. The molecule has 0 unspecified atom stereocenters. The fourth-order valence-corrected chi connectivity index (χ4v) is 2.67. The lowest BCUT2D eigenvalue weighted by Gasteiger charge is -1.89. The highest BCUT2D eigenvalue weighted by molar-refractivity contribution is 7.14. The van der Waals surface area contributed by atoms with Crippen molar-refractivity contribution in [3.8, 4) is 10.6 Å². The van der Waals surface area contributed by atoms with Gasteiger partial charge in [0.2, 0.25) is 5.69 Å². The number of fused-ring (bicyclic) bond motifs is 3. The predicted octanol–water partition coefficient (Wildman–Crippen LogP) is 2.20. The first-order valence-electron chi connectivity index (χ1n) is 4.11. The third-order valence-corrected chi connectivity index (χ3v) is 3.28. The molecule has 0 aromatic carbocycles. The summed E-state index contributed by atoms with van der Waals surface area (Å²) in [5, 5.41) is -0.0832. The molecule has 64 valence electrons. The van der Waals surface area contributed by atoms with Gasteiger partial charge in [-0.2, -0.15) is 8.96 Å². The third-order valence-electron chi connectivity index (χ3n) is 2.29. The van der Waals surface area contributed by atoms with E-state index in [1.54, 1.807) is 6.07 Å². The second-order valence-corrected chi connectivity index (χ2v) is 4.12. The summed E-state index contributed by atoms with van der Waals surface area (Å²) in [6.45, 7) is 0.811. The molecular formula is C10H7FNS+. The van der Waals surface area contributed by atoms with Gasteiger partial charge in [-0.15, -0.1) is 0 Å².